The molecule has 0 unspecified atom stereocenters. The van der Waals surface area contributed by atoms with Crippen LogP contribution in [0.15, 0.2) is 76.2 Å². The SMILES string of the molecule is COc1ccc(C=NNC(=O)c2ccc(COc3ccc(-n4c(C)ccc4C)cc3)o2)c(C)c1. The molecule has 4 rings (SSSR count). The normalized spacial score (nSPS) is 11.1. The van der Waals surface area contributed by atoms with Crippen molar-refractivity contribution in [2.45, 2.75) is 27.4 Å². The lowest BCUT2D eigenvalue weighted by Crippen LogP contribution is -2.16. The van der Waals surface area contributed by atoms with Crippen LogP contribution >= 0.6 is 0 Å². The second-order valence-electron chi connectivity index (χ2n) is 7.92. The van der Waals surface area contributed by atoms with E-state index in [-0.39, 0.29) is 12.4 Å². The molecule has 0 saturated carbocycles. The standard InChI is InChI=1S/C27H27N3O4/c1-18-15-24(32-4)10-7-21(18)16-28-29-27(31)26-14-13-25(34-26)17-33-23-11-8-22(9-12-23)30-19(2)5-6-20(30)3/h5-16H,17H2,1-4H3,(H,29,31). The Bertz CT molecular complexity index is 1300. The molecule has 174 valence electrons. The largest absolute Gasteiger partial charge is 0.497 e. The van der Waals surface area contributed by atoms with Gasteiger partial charge in [-0.2, -0.15) is 5.10 Å². The third kappa shape index (κ3) is 5.20. The molecule has 0 fully saturated rings. The van der Waals surface area contributed by atoms with E-state index in [2.05, 4.69) is 41.1 Å². The summed E-state index contributed by atoms with van der Waals surface area (Å²) in [7, 11) is 1.62. The second kappa shape index (κ2) is 10.1. The zero-order chi connectivity index (χ0) is 24.1. The molecule has 1 N–H and O–H groups in total. The molecule has 0 bridgehead atoms. The van der Waals surface area contributed by atoms with Crippen molar-refractivity contribution >= 4 is 12.1 Å². The number of benzene rings is 2. The van der Waals surface area contributed by atoms with Crippen molar-refractivity contribution in [1.82, 2.24) is 9.99 Å². The lowest BCUT2D eigenvalue weighted by molar-refractivity contribution is 0.0923. The van der Waals surface area contributed by atoms with Gasteiger partial charge < -0.3 is 18.5 Å². The predicted molar refractivity (Wildman–Crippen MR) is 131 cm³/mol. The Balaban J connectivity index is 1.31. The van der Waals surface area contributed by atoms with Crippen LogP contribution in [-0.2, 0) is 6.61 Å². The van der Waals surface area contributed by atoms with Gasteiger partial charge in [0, 0.05) is 17.1 Å². The number of aromatic nitrogens is 1. The number of nitrogens with zero attached hydrogens (tertiary/aromatic N) is 2. The maximum atomic E-state index is 12.3. The number of hydrogen-bond donors (Lipinski definition) is 1. The lowest BCUT2D eigenvalue weighted by Gasteiger charge is -2.10. The Morgan fingerprint density at radius 2 is 1.68 bits per heavy atom. The van der Waals surface area contributed by atoms with Crippen LogP contribution in [0.25, 0.3) is 5.69 Å². The summed E-state index contributed by atoms with van der Waals surface area (Å²) in [6, 6.07) is 21.0. The molecule has 0 spiro atoms. The predicted octanol–water partition coefficient (Wildman–Crippen LogP) is 5.35. The van der Waals surface area contributed by atoms with Gasteiger partial charge in [-0.05, 0) is 98.6 Å². The van der Waals surface area contributed by atoms with Crippen LogP contribution in [0.2, 0.25) is 0 Å². The fourth-order valence-electron chi connectivity index (χ4n) is 3.63. The number of hydrogen-bond acceptors (Lipinski definition) is 5. The average molecular weight is 458 g/mol. The summed E-state index contributed by atoms with van der Waals surface area (Å²) in [6.45, 7) is 6.31. The number of nitrogens with one attached hydrogen (secondary N) is 1. The average Bonchev–Trinajstić information content (AvgIpc) is 3.45. The molecule has 0 aliphatic carbocycles. The lowest BCUT2D eigenvalue weighted by atomic mass is 10.1. The van der Waals surface area contributed by atoms with Crippen molar-refractivity contribution in [3.63, 3.8) is 0 Å². The van der Waals surface area contributed by atoms with Gasteiger partial charge in [0.2, 0.25) is 0 Å². The van der Waals surface area contributed by atoms with Crippen LogP contribution in [0, 0.1) is 20.8 Å². The van der Waals surface area contributed by atoms with Gasteiger partial charge in [0.05, 0.1) is 13.3 Å². The molecule has 7 heteroatoms. The summed E-state index contributed by atoms with van der Waals surface area (Å²) < 4.78 is 18.8. The minimum atomic E-state index is -0.435. The van der Waals surface area contributed by atoms with Crippen LogP contribution < -0.4 is 14.9 Å². The molecule has 34 heavy (non-hydrogen) atoms. The molecule has 0 aliphatic rings. The number of rotatable bonds is 8. The highest BCUT2D eigenvalue weighted by Gasteiger charge is 2.11. The van der Waals surface area contributed by atoms with Crippen molar-refractivity contribution < 1.29 is 18.7 Å². The first-order valence-electron chi connectivity index (χ1n) is 10.9. The summed E-state index contributed by atoms with van der Waals surface area (Å²) in [5.74, 6) is 1.76. The van der Waals surface area contributed by atoms with Gasteiger partial charge in [0.1, 0.15) is 23.9 Å². The number of hydrazone groups is 1. The van der Waals surface area contributed by atoms with Crippen LogP contribution in [0.1, 0.15) is 38.8 Å². The van der Waals surface area contributed by atoms with Gasteiger partial charge in [-0.1, -0.05) is 0 Å². The number of amides is 1. The minimum Gasteiger partial charge on any atom is -0.497 e. The molecular formula is C27H27N3O4. The molecule has 2 aromatic heterocycles. The molecule has 0 saturated heterocycles. The molecular weight excluding hydrogens is 430 g/mol. The molecule has 0 atom stereocenters. The molecule has 1 amide bonds. The Hall–Kier alpha value is -4.26. The molecule has 2 aromatic carbocycles. The topological polar surface area (TPSA) is 78.0 Å². The number of aryl methyl sites for hydroxylation is 3. The third-order valence-corrected chi connectivity index (χ3v) is 5.48. The van der Waals surface area contributed by atoms with Gasteiger partial charge in [-0.25, -0.2) is 5.43 Å². The van der Waals surface area contributed by atoms with E-state index >= 15 is 0 Å². The fraction of sp³-hybridized carbons (Fsp3) is 0.185. The molecule has 2 heterocycles. The first kappa shape index (κ1) is 22.9. The van der Waals surface area contributed by atoms with E-state index in [1.807, 2.05) is 49.4 Å². The number of carbonyl (C=O) groups excluding carboxylic acids is 1. The maximum Gasteiger partial charge on any atom is 0.307 e. The zero-order valence-corrected chi connectivity index (χ0v) is 19.7. The Kier molecular flexibility index (Phi) is 6.82. The summed E-state index contributed by atoms with van der Waals surface area (Å²) in [5.41, 5.74) is 7.78. The van der Waals surface area contributed by atoms with Crippen LogP contribution in [0.4, 0.5) is 0 Å². The number of methoxy groups -OCH3 is 1. The van der Waals surface area contributed by atoms with Crippen LogP contribution in [0.5, 0.6) is 11.5 Å². The number of carbonyl (C=O) groups is 1. The van der Waals surface area contributed by atoms with Gasteiger partial charge in [-0.15, -0.1) is 0 Å². The van der Waals surface area contributed by atoms with Gasteiger partial charge in [0.25, 0.3) is 0 Å². The summed E-state index contributed by atoms with van der Waals surface area (Å²) >= 11 is 0. The highest BCUT2D eigenvalue weighted by molar-refractivity contribution is 5.92. The highest BCUT2D eigenvalue weighted by Crippen LogP contribution is 2.21. The van der Waals surface area contributed by atoms with E-state index in [0.29, 0.717) is 11.5 Å². The fourth-order valence-corrected chi connectivity index (χ4v) is 3.63. The van der Waals surface area contributed by atoms with Crippen molar-refractivity contribution in [2.75, 3.05) is 7.11 Å². The van der Waals surface area contributed by atoms with E-state index in [1.165, 1.54) is 11.4 Å². The Morgan fingerprint density at radius 1 is 0.971 bits per heavy atom. The van der Waals surface area contributed by atoms with Gasteiger partial charge >= 0.3 is 5.91 Å². The third-order valence-electron chi connectivity index (χ3n) is 5.48. The van der Waals surface area contributed by atoms with Crippen LogP contribution in [0.3, 0.4) is 0 Å². The highest BCUT2D eigenvalue weighted by atomic mass is 16.5. The van der Waals surface area contributed by atoms with E-state index in [9.17, 15) is 4.79 Å². The van der Waals surface area contributed by atoms with E-state index in [1.54, 1.807) is 25.5 Å². The Labute approximate surface area is 198 Å². The summed E-state index contributed by atoms with van der Waals surface area (Å²) in [5, 5.41) is 4.02. The first-order valence-corrected chi connectivity index (χ1v) is 10.9. The van der Waals surface area contributed by atoms with Crippen LogP contribution in [-0.4, -0.2) is 23.8 Å². The smallest absolute Gasteiger partial charge is 0.307 e. The number of furan rings is 1. The molecule has 7 nitrogen and oxygen atoms in total. The van der Waals surface area contributed by atoms with Crippen molar-refractivity contribution in [3.8, 4) is 17.2 Å². The van der Waals surface area contributed by atoms with Crippen molar-refractivity contribution in [3.05, 3.63) is 101 Å². The summed E-state index contributed by atoms with van der Waals surface area (Å²) in [6.07, 6.45) is 1.58. The second-order valence-corrected chi connectivity index (χ2v) is 7.92. The first-order chi connectivity index (χ1) is 16.4. The molecule has 0 radical (unpaired) electrons. The van der Waals surface area contributed by atoms with Gasteiger partial charge in [-0.3, -0.25) is 4.79 Å². The van der Waals surface area contributed by atoms with Crippen molar-refractivity contribution in [2.24, 2.45) is 5.10 Å². The maximum absolute atomic E-state index is 12.3. The van der Waals surface area contributed by atoms with E-state index in [0.717, 1.165) is 22.6 Å². The summed E-state index contributed by atoms with van der Waals surface area (Å²) in [4.78, 5) is 12.3. The quantitative estimate of drug-likeness (QED) is 0.286. The molecule has 4 aromatic rings. The monoisotopic (exact) mass is 457 g/mol. The minimum absolute atomic E-state index is 0.163. The molecule has 0 aliphatic heterocycles. The van der Waals surface area contributed by atoms with E-state index in [4.69, 9.17) is 13.9 Å². The van der Waals surface area contributed by atoms with Gasteiger partial charge in [0.15, 0.2) is 5.76 Å². The zero-order valence-electron chi connectivity index (χ0n) is 19.7. The van der Waals surface area contributed by atoms with Crippen molar-refractivity contribution in [1.29, 1.82) is 0 Å². The van der Waals surface area contributed by atoms with E-state index < -0.39 is 5.91 Å². The Morgan fingerprint density at radius 3 is 2.35 bits per heavy atom. The number of ether oxygens (including phenoxy) is 2.